The number of benzene rings is 1. The average molecular weight is 366 g/mol. The molecule has 2 aliphatic rings. The van der Waals surface area contributed by atoms with E-state index in [-0.39, 0.29) is 30.1 Å². The number of carbonyl (C=O) groups excluding carboxylic acids is 2. The van der Waals surface area contributed by atoms with Crippen molar-refractivity contribution >= 4 is 23.3 Å². The number of anilines is 2. The highest BCUT2D eigenvalue weighted by Crippen LogP contribution is 2.33. The van der Waals surface area contributed by atoms with Crippen LogP contribution < -0.4 is 10.6 Å². The van der Waals surface area contributed by atoms with Gasteiger partial charge in [0.1, 0.15) is 0 Å². The maximum Gasteiger partial charge on any atom is 0.322 e. The first-order valence-corrected chi connectivity index (χ1v) is 9.08. The van der Waals surface area contributed by atoms with E-state index in [2.05, 4.69) is 15.6 Å². The molecule has 0 unspecified atom stereocenters. The summed E-state index contributed by atoms with van der Waals surface area (Å²) in [5.74, 6) is -0.358. The predicted octanol–water partition coefficient (Wildman–Crippen LogP) is 2.65. The van der Waals surface area contributed by atoms with Gasteiger partial charge in [-0.15, -0.1) is 0 Å². The number of hydrogen-bond donors (Lipinski definition) is 2. The smallest absolute Gasteiger partial charge is 0.322 e. The lowest BCUT2D eigenvalue weighted by molar-refractivity contribution is -0.122. The van der Waals surface area contributed by atoms with Crippen molar-refractivity contribution in [3.05, 3.63) is 54.4 Å². The molecule has 3 atom stereocenters. The lowest BCUT2D eigenvalue weighted by atomic mass is 9.99. The molecule has 3 amide bonds. The average Bonchev–Trinajstić information content (AvgIpc) is 2.98. The molecule has 7 heteroatoms. The van der Waals surface area contributed by atoms with Crippen LogP contribution in [0.2, 0.25) is 0 Å². The second-order valence-electron chi connectivity index (χ2n) is 7.02. The zero-order chi connectivity index (χ0) is 18.8. The minimum absolute atomic E-state index is 0.0864. The van der Waals surface area contributed by atoms with E-state index in [4.69, 9.17) is 4.74 Å². The van der Waals surface area contributed by atoms with Crippen LogP contribution in [-0.2, 0) is 9.53 Å². The van der Waals surface area contributed by atoms with E-state index in [1.165, 1.54) is 0 Å². The number of nitrogens with one attached hydrogen (secondary N) is 2. The van der Waals surface area contributed by atoms with Crippen molar-refractivity contribution in [3.63, 3.8) is 0 Å². The molecule has 1 aromatic heterocycles. The van der Waals surface area contributed by atoms with Crippen LogP contribution in [0, 0.1) is 12.8 Å². The van der Waals surface area contributed by atoms with Crippen molar-refractivity contribution in [2.24, 2.45) is 5.92 Å². The number of para-hydroxylation sites is 1. The molecule has 0 saturated carbocycles. The van der Waals surface area contributed by atoms with Crippen LogP contribution in [0.15, 0.2) is 48.8 Å². The Labute approximate surface area is 157 Å². The van der Waals surface area contributed by atoms with E-state index in [0.717, 1.165) is 11.3 Å². The standard InChI is InChI=1S/C20H22N4O3/c1-13-5-2-3-7-17(13)23-20(26)24-11-15-9-16(18(12-24)27-15)19(25)22-14-6-4-8-21-10-14/h2-8,10,15-16,18H,9,11-12H2,1H3,(H,22,25)(H,23,26)/t15-,16+,18-/m0/s1. The first-order chi connectivity index (χ1) is 13.1. The van der Waals surface area contributed by atoms with Crippen molar-refractivity contribution in [1.29, 1.82) is 0 Å². The third-order valence-electron chi connectivity index (χ3n) is 5.10. The van der Waals surface area contributed by atoms with Gasteiger partial charge in [-0.25, -0.2) is 4.79 Å². The molecule has 4 rings (SSSR count). The predicted molar refractivity (Wildman–Crippen MR) is 101 cm³/mol. The summed E-state index contributed by atoms with van der Waals surface area (Å²) in [6, 6.07) is 11.1. The monoisotopic (exact) mass is 366 g/mol. The molecule has 7 nitrogen and oxygen atoms in total. The van der Waals surface area contributed by atoms with Crippen molar-refractivity contribution in [3.8, 4) is 0 Å². The highest BCUT2D eigenvalue weighted by Gasteiger charge is 2.45. The summed E-state index contributed by atoms with van der Waals surface area (Å²) in [5.41, 5.74) is 2.47. The van der Waals surface area contributed by atoms with Crippen LogP contribution in [0.3, 0.4) is 0 Å². The summed E-state index contributed by atoms with van der Waals surface area (Å²) in [4.78, 5) is 31.0. The summed E-state index contributed by atoms with van der Waals surface area (Å²) in [7, 11) is 0. The molecule has 27 heavy (non-hydrogen) atoms. The molecule has 1 aromatic carbocycles. The molecule has 0 radical (unpaired) electrons. The summed E-state index contributed by atoms with van der Waals surface area (Å²) in [5, 5.41) is 5.84. The van der Waals surface area contributed by atoms with E-state index < -0.39 is 0 Å². The van der Waals surface area contributed by atoms with Crippen LogP contribution in [0.1, 0.15) is 12.0 Å². The van der Waals surface area contributed by atoms with E-state index >= 15 is 0 Å². The first kappa shape index (κ1) is 17.5. The zero-order valence-electron chi connectivity index (χ0n) is 15.1. The molecule has 2 bridgehead atoms. The molecule has 2 fully saturated rings. The van der Waals surface area contributed by atoms with E-state index in [0.29, 0.717) is 25.2 Å². The number of ether oxygens (including phenoxy) is 1. The molecule has 3 heterocycles. The first-order valence-electron chi connectivity index (χ1n) is 9.08. The second-order valence-corrected chi connectivity index (χ2v) is 7.02. The van der Waals surface area contributed by atoms with Gasteiger partial charge in [0.15, 0.2) is 0 Å². The highest BCUT2D eigenvalue weighted by molar-refractivity contribution is 5.93. The number of likely N-dealkylation sites (tertiary alicyclic amines) is 1. The van der Waals surface area contributed by atoms with Gasteiger partial charge in [-0.3, -0.25) is 9.78 Å². The van der Waals surface area contributed by atoms with Gasteiger partial charge in [-0.2, -0.15) is 0 Å². The molecule has 140 valence electrons. The summed E-state index contributed by atoms with van der Waals surface area (Å²) in [6.45, 7) is 2.85. The Morgan fingerprint density at radius 2 is 2.00 bits per heavy atom. The minimum Gasteiger partial charge on any atom is -0.370 e. The number of aromatic nitrogens is 1. The number of pyridine rings is 1. The third kappa shape index (κ3) is 3.78. The fraction of sp³-hybridized carbons (Fsp3) is 0.350. The number of amides is 3. The molecule has 2 aromatic rings. The molecule has 2 N–H and O–H groups in total. The number of fused-ring (bicyclic) bond motifs is 2. The summed E-state index contributed by atoms with van der Waals surface area (Å²) < 4.78 is 5.92. The largest absolute Gasteiger partial charge is 0.370 e. The molecular formula is C20H22N4O3. The Balaban J connectivity index is 1.39. The summed E-state index contributed by atoms with van der Waals surface area (Å²) in [6.07, 6.45) is 3.48. The number of carbonyl (C=O) groups is 2. The van der Waals surface area contributed by atoms with Gasteiger partial charge in [0.25, 0.3) is 0 Å². The Morgan fingerprint density at radius 1 is 1.15 bits per heavy atom. The van der Waals surface area contributed by atoms with Crippen LogP contribution >= 0.6 is 0 Å². The van der Waals surface area contributed by atoms with Crippen molar-refractivity contribution in [2.45, 2.75) is 25.6 Å². The van der Waals surface area contributed by atoms with E-state index in [1.807, 2.05) is 31.2 Å². The fourth-order valence-corrected chi connectivity index (χ4v) is 3.68. The van der Waals surface area contributed by atoms with Crippen molar-refractivity contribution in [1.82, 2.24) is 9.88 Å². The van der Waals surface area contributed by atoms with Gasteiger partial charge in [-0.1, -0.05) is 18.2 Å². The van der Waals surface area contributed by atoms with Crippen LogP contribution in [0.25, 0.3) is 0 Å². The van der Waals surface area contributed by atoms with E-state index in [1.54, 1.807) is 29.4 Å². The fourth-order valence-electron chi connectivity index (χ4n) is 3.68. The number of rotatable bonds is 3. The Hall–Kier alpha value is -2.93. The van der Waals surface area contributed by atoms with Gasteiger partial charge < -0.3 is 20.3 Å². The van der Waals surface area contributed by atoms with Crippen molar-refractivity contribution in [2.75, 3.05) is 23.7 Å². The van der Waals surface area contributed by atoms with Crippen LogP contribution in [0.5, 0.6) is 0 Å². The number of urea groups is 1. The van der Waals surface area contributed by atoms with Crippen LogP contribution in [0.4, 0.5) is 16.2 Å². The topological polar surface area (TPSA) is 83.6 Å². The van der Waals surface area contributed by atoms with Crippen LogP contribution in [-0.4, -0.2) is 47.1 Å². The maximum atomic E-state index is 12.7. The van der Waals surface area contributed by atoms with Gasteiger partial charge in [0, 0.05) is 25.0 Å². The van der Waals surface area contributed by atoms with Gasteiger partial charge in [0.2, 0.25) is 5.91 Å². The summed E-state index contributed by atoms with van der Waals surface area (Å²) >= 11 is 0. The molecular weight excluding hydrogens is 344 g/mol. The lowest BCUT2D eigenvalue weighted by Crippen LogP contribution is -2.49. The SMILES string of the molecule is Cc1ccccc1NC(=O)N1C[C@@H]2C[C@@H](C(=O)Nc3cccnc3)[C@H](C1)O2. The number of aryl methyl sites for hydroxylation is 1. The molecule has 2 saturated heterocycles. The van der Waals surface area contributed by atoms with E-state index in [9.17, 15) is 9.59 Å². The van der Waals surface area contributed by atoms with Gasteiger partial charge >= 0.3 is 6.03 Å². The molecule has 2 aliphatic heterocycles. The molecule has 0 aliphatic carbocycles. The van der Waals surface area contributed by atoms with Crippen molar-refractivity contribution < 1.29 is 14.3 Å². The Bertz CT molecular complexity index is 842. The normalized spacial score (nSPS) is 23.7. The minimum atomic E-state index is -0.289. The quantitative estimate of drug-likeness (QED) is 0.875. The van der Waals surface area contributed by atoms with Gasteiger partial charge in [0.05, 0.1) is 30.0 Å². The Kier molecular flexibility index (Phi) is 4.77. The maximum absolute atomic E-state index is 12.7. The number of morpholine rings is 1. The third-order valence-corrected chi connectivity index (χ3v) is 5.10. The zero-order valence-corrected chi connectivity index (χ0v) is 15.1. The Morgan fingerprint density at radius 3 is 2.78 bits per heavy atom. The lowest BCUT2D eigenvalue weighted by Gasteiger charge is -2.32. The number of nitrogens with zero attached hydrogens (tertiary/aromatic N) is 2. The molecule has 0 spiro atoms. The number of hydrogen-bond acceptors (Lipinski definition) is 4. The van der Waals surface area contributed by atoms with Gasteiger partial charge in [-0.05, 0) is 37.1 Å². The second kappa shape index (κ2) is 7.36. The highest BCUT2D eigenvalue weighted by atomic mass is 16.5.